The number of anilines is 1. The number of rotatable bonds is 5. The molecule has 1 atom stereocenters. The second kappa shape index (κ2) is 6.77. The summed E-state index contributed by atoms with van der Waals surface area (Å²) in [6.07, 6.45) is 0. The minimum atomic E-state index is 0.373. The second-order valence-electron chi connectivity index (χ2n) is 4.67. The van der Waals surface area contributed by atoms with E-state index in [9.17, 15) is 5.26 Å². The first kappa shape index (κ1) is 15.0. The zero-order valence-corrected chi connectivity index (χ0v) is 13.0. The van der Waals surface area contributed by atoms with Crippen LogP contribution >= 0.6 is 15.9 Å². The predicted molar refractivity (Wildman–Crippen MR) is 79.9 cm³/mol. The molecule has 0 amide bonds. The molecule has 98 valence electrons. The van der Waals surface area contributed by atoms with Crippen molar-refractivity contribution < 1.29 is 0 Å². The van der Waals surface area contributed by atoms with E-state index in [4.69, 9.17) is 0 Å². The Morgan fingerprint density at radius 2 is 2.06 bits per heavy atom. The van der Waals surface area contributed by atoms with E-state index in [-0.39, 0.29) is 0 Å². The Labute approximate surface area is 118 Å². The zero-order valence-electron chi connectivity index (χ0n) is 11.4. The molecule has 3 nitrogen and oxygen atoms in total. The summed E-state index contributed by atoms with van der Waals surface area (Å²) in [5.74, 6) is 0. The number of likely N-dealkylation sites (N-methyl/N-ethyl adjacent to an activating group) is 2. The van der Waals surface area contributed by atoms with Crippen LogP contribution < -0.4 is 4.90 Å². The summed E-state index contributed by atoms with van der Waals surface area (Å²) in [4.78, 5) is 4.43. The number of hydrogen-bond acceptors (Lipinski definition) is 3. The molecule has 0 saturated heterocycles. The number of hydrogen-bond donors (Lipinski definition) is 0. The van der Waals surface area contributed by atoms with E-state index >= 15 is 0 Å². The molecule has 4 heteroatoms. The Kier molecular flexibility index (Phi) is 5.64. The van der Waals surface area contributed by atoms with Crippen molar-refractivity contribution in [3.05, 3.63) is 28.2 Å². The quantitative estimate of drug-likeness (QED) is 0.837. The van der Waals surface area contributed by atoms with E-state index in [0.717, 1.165) is 28.8 Å². The summed E-state index contributed by atoms with van der Waals surface area (Å²) in [7, 11) is 4.13. The maximum atomic E-state index is 9.24. The minimum absolute atomic E-state index is 0.373. The molecule has 0 radical (unpaired) electrons. The maximum absolute atomic E-state index is 9.24. The molecule has 0 fully saturated rings. The molecule has 0 aromatic heterocycles. The van der Waals surface area contributed by atoms with Gasteiger partial charge in [0.15, 0.2) is 0 Å². The molecule has 18 heavy (non-hydrogen) atoms. The van der Waals surface area contributed by atoms with E-state index in [1.165, 1.54) is 0 Å². The van der Waals surface area contributed by atoms with Crippen LogP contribution in [-0.4, -0.2) is 38.1 Å². The topological polar surface area (TPSA) is 30.3 Å². The van der Waals surface area contributed by atoms with E-state index in [1.54, 1.807) is 0 Å². The monoisotopic (exact) mass is 309 g/mol. The van der Waals surface area contributed by atoms with Gasteiger partial charge < -0.3 is 9.80 Å². The van der Waals surface area contributed by atoms with Crippen molar-refractivity contribution >= 4 is 21.6 Å². The largest absolute Gasteiger partial charge is 0.367 e. The van der Waals surface area contributed by atoms with E-state index in [2.05, 4.69) is 59.7 Å². The van der Waals surface area contributed by atoms with Gasteiger partial charge >= 0.3 is 0 Å². The maximum Gasteiger partial charge on any atom is 0.101 e. The van der Waals surface area contributed by atoms with Gasteiger partial charge in [-0.15, -0.1) is 0 Å². The standard InChI is InChI=1S/C14H20BrN3/c1-5-18(11(2)10-17(3)4)14-7-6-13(15)8-12(14)9-16/h6-8,11H,5,10H2,1-4H3. The van der Waals surface area contributed by atoms with E-state index in [1.807, 2.05) is 18.2 Å². The molecule has 0 saturated carbocycles. The van der Waals surface area contributed by atoms with Crippen LogP contribution in [0.25, 0.3) is 0 Å². The molecule has 0 N–H and O–H groups in total. The third-order valence-electron chi connectivity index (χ3n) is 2.89. The summed E-state index contributed by atoms with van der Waals surface area (Å²) in [6, 6.07) is 8.52. The molecule has 0 aliphatic heterocycles. The first-order chi connectivity index (χ1) is 8.49. The fourth-order valence-electron chi connectivity index (χ4n) is 2.19. The van der Waals surface area contributed by atoms with Crippen LogP contribution in [0.5, 0.6) is 0 Å². The second-order valence-corrected chi connectivity index (χ2v) is 5.59. The van der Waals surface area contributed by atoms with Crippen molar-refractivity contribution in [2.45, 2.75) is 19.9 Å². The lowest BCUT2D eigenvalue weighted by Crippen LogP contribution is -2.40. The molecule has 0 bridgehead atoms. The highest BCUT2D eigenvalue weighted by atomic mass is 79.9. The van der Waals surface area contributed by atoms with Crippen LogP contribution in [0.15, 0.2) is 22.7 Å². The Balaban J connectivity index is 3.05. The van der Waals surface area contributed by atoms with Crippen LogP contribution in [0.3, 0.4) is 0 Å². The third-order valence-corrected chi connectivity index (χ3v) is 3.38. The third kappa shape index (κ3) is 3.72. The molecule has 1 unspecified atom stereocenters. The van der Waals surface area contributed by atoms with Crippen LogP contribution in [-0.2, 0) is 0 Å². The van der Waals surface area contributed by atoms with Crippen molar-refractivity contribution in [1.82, 2.24) is 4.90 Å². The highest BCUT2D eigenvalue weighted by Crippen LogP contribution is 2.25. The van der Waals surface area contributed by atoms with Crippen molar-refractivity contribution in [3.63, 3.8) is 0 Å². The molecular weight excluding hydrogens is 290 g/mol. The van der Waals surface area contributed by atoms with E-state index in [0.29, 0.717) is 6.04 Å². The Hall–Kier alpha value is -1.05. The number of nitrogens with zero attached hydrogens (tertiary/aromatic N) is 3. The number of benzene rings is 1. The Bertz CT molecular complexity index is 437. The molecule has 1 aromatic carbocycles. The molecule has 0 spiro atoms. The normalized spacial score (nSPS) is 12.3. The zero-order chi connectivity index (χ0) is 13.7. The molecule has 1 rings (SSSR count). The van der Waals surface area contributed by atoms with Gasteiger partial charge in [0.25, 0.3) is 0 Å². The number of halogens is 1. The SMILES string of the molecule is CCN(c1ccc(Br)cc1C#N)C(C)CN(C)C. The van der Waals surface area contributed by atoms with Gasteiger partial charge in [-0.25, -0.2) is 0 Å². The summed E-state index contributed by atoms with van der Waals surface area (Å²) in [5.41, 5.74) is 1.73. The van der Waals surface area contributed by atoms with Gasteiger partial charge in [0, 0.05) is 23.6 Å². The van der Waals surface area contributed by atoms with Crippen molar-refractivity contribution in [2.75, 3.05) is 32.1 Å². The smallest absolute Gasteiger partial charge is 0.101 e. The number of nitriles is 1. The summed E-state index contributed by atoms with van der Waals surface area (Å²) in [5, 5.41) is 9.24. The van der Waals surface area contributed by atoms with E-state index < -0.39 is 0 Å². The lowest BCUT2D eigenvalue weighted by atomic mass is 10.1. The van der Waals surface area contributed by atoms with Gasteiger partial charge in [0.2, 0.25) is 0 Å². The molecular formula is C14H20BrN3. The molecule has 0 aliphatic carbocycles. The highest BCUT2D eigenvalue weighted by Gasteiger charge is 2.16. The lowest BCUT2D eigenvalue weighted by Gasteiger charge is -2.32. The first-order valence-corrected chi connectivity index (χ1v) is 6.90. The lowest BCUT2D eigenvalue weighted by molar-refractivity contribution is 0.373. The molecule has 0 aliphatic rings. The van der Waals surface area contributed by atoms with Crippen molar-refractivity contribution in [2.24, 2.45) is 0 Å². The fraction of sp³-hybridized carbons (Fsp3) is 0.500. The van der Waals surface area contributed by atoms with Gasteiger partial charge in [-0.1, -0.05) is 15.9 Å². The van der Waals surface area contributed by atoms with Crippen LogP contribution in [0, 0.1) is 11.3 Å². The molecule has 1 aromatic rings. The summed E-state index contributed by atoms with van der Waals surface area (Å²) >= 11 is 3.41. The first-order valence-electron chi connectivity index (χ1n) is 6.10. The minimum Gasteiger partial charge on any atom is -0.367 e. The van der Waals surface area contributed by atoms with Crippen molar-refractivity contribution in [3.8, 4) is 6.07 Å². The van der Waals surface area contributed by atoms with Crippen molar-refractivity contribution in [1.29, 1.82) is 5.26 Å². The molecule has 0 heterocycles. The van der Waals surface area contributed by atoms with Crippen LogP contribution in [0.2, 0.25) is 0 Å². The average molecular weight is 310 g/mol. The van der Waals surface area contributed by atoms with Crippen LogP contribution in [0.1, 0.15) is 19.4 Å². The summed E-state index contributed by atoms with van der Waals surface area (Å²) in [6.45, 7) is 6.17. The van der Waals surface area contributed by atoms with Gasteiger partial charge in [0.05, 0.1) is 11.3 Å². The Morgan fingerprint density at radius 1 is 1.39 bits per heavy atom. The summed E-state index contributed by atoms with van der Waals surface area (Å²) < 4.78 is 0.944. The predicted octanol–water partition coefficient (Wildman–Crippen LogP) is 3.10. The van der Waals surface area contributed by atoms with Gasteiger partial charge in [0.1, 0.15) is 6.07 Å². The van der Waals surface area contributed by atoms with Gasteiger partial charge in [-0.2, -0.15) is 5.26 Å². The fourth-order valence-corrected chi connectivity index (χ4v) is 2.56. The van der Waals surface area contributed by atoms with Crippen LogP contribution in [0.4, 0.5) is 5.69 Å². The van der Waals surface area contributed by atoms with Gasteiger partial charge in [-0.05, 0) is 46.1 Å². The van der Waals surface area contributed by atoms with Gasteiger partial charge in [-0.3, -0.25) is 0 Å². The average Bonchev–Trinajstić information content (AvgIpc) is 2.30. The Morgan fingerprint density at radius 3 is 2.56 bits per heavy atom. The highest BCUT2D eigenvalue weighted by molar-refractivity contribution is 9.10.